The Morgan fingerprint density at radius 1 is 1.19 bits per heavy atom. The number of aryl methyl sites for hydroxylation is 1. The van der Waals surface area contributed by atoms with Crippen LogP contribution in [0.15, 0.2) is 42.7 Å². The topological polar surface area (TPSA) is 97.0 Å². The van der Waals surface area contributed by atoms with E-state index in [-0.39, 0.29) is 12.2 Å². The molecule has 2 aromatic heterocycles. The third kappa shape index (κ3) is 3.88. The number of anilines is 1. The number of nitrogens with one attached hydrogen (secondary N) is 2. The normalized spacial score (nSPS) is 11.9. The van der Waals surface area contributed by atoms with Crippen LogP contribution in [0.1, 0.15) is 29.4 Å². The smallest absolute Gasteiger partial charge is 0.308 e. The van der Waals surface area contributed by atoms with Gasteiger partial charge in [0.2, 0.25) is 11.7 Å². The van der Waals surface area contributed by atoms with Crippen molar-refractivity contribution in [3.63, 3.8) is 0 Å². The fraction of sp³-hybridized carbons (Fsp3) is 0.263. The zero-order valence-electron chi connectivity index (χ0n) is 14.7. The number of para-hydroxylation sites is 1. The quantitative estimate of drug-likeness (QED) is 0.501. The molecule has 7 heteroatoms. The van der Waals surface area contributed by atoms with E-state index in [4.69, 9.17) is 4.74 Å². The molecule has 0 saturated heterocycles. The molecular formula is C19H20N4O3. The van der Waals surface area contributed by atoms with E-state index in [1.807, 2.05) is 31.2 Å². The molecule has 0 amide bonds. The Morgan fingerprint density at radius 2 is 1.92 bits per heavy atom. The van der Waals surface area contributed by atoms with Crippen molar-refractivity contribution in [1.29, 1.82) is 0 Å². The van der Waals surface area contributed by atoms with E-state index in [1.165, 1.54) is 0 Å². The number of esters is 1. The molecule has 7 nitrogen and oxygen atoms in total. The number of Topliss-reactive ketones (excluding diaryl/α,β-unsaturated/α-hetero) is 1. The fourth-order valence-corrected chi connectivity index (χ4v) is 2.77. The van der Waals surface area contributed by atoms with Gasteiger partial charge in [0, 0.05) is 41.1 Å². The van der Waals surface area contributed by atoms with Crippen molar-refractivity contribution < 1.29 is 14.3 Å². The number of aromatic nitrogens is 3. The minimum absolute atomic E-state index is 0.114. The maximum atomic E-state index is 12.7. The van der Waals surface area contributed by atoms with Gasteiger partial charge >= 0.3 is 5.97 Å². The van der Waals surface area contributed by atoms with Crippen LogP contribution in [0, 0.1) is 6.92 Å². The third-order valence-corrected chi connectivity index (χ3v) is 4.00. The van der Waals surface area contributed by atoms with Crippen LogP contribution in [-0.4, -0.2) is 39.4 Å². The van der Waals surface area contributed by atoms with Crippen LogP contribution < -0.4 is 5.32 Å². The van der Waals surface area contributed by atoms with E-state index >= 15 is 0 Å². The molecule has 134 valence electrons. The Hall–Kier alpha value is -3.22. The highest BCUT2D eigenvalue weighted by Crippen LogP contribution is 2.23. The first-order valence-electron chi connectivity index (χ1n) is 8.38. The molecule has 0 aliphatic carbocycles. The highest BCUT2D eigenvalue weighted by Gasteiger charge is 2.24. The first kappa shape index (κ1) is 17.6. The number of carbonyl (C=O) groups is 2. The number of ether oxygens (including phenoxy) is 1. The predicted molar refractivity (Wildman–Crippen MR) is 98.1 cm³/mol. The molecule has 3 rings (SSSR count). The molecule has 1 unspecified atom stereocenters. The van der Waals surface area contributed by atoms with Crippen LogP contribution in [0.25, 0.3) is 10.9 Å². The van der Waals surface area contributed by atoms with Crippen molar-refractivity contribution in [3.8, 4) is 0 Å². The van der Waals surface area contributed by atoms with Crippen molar-refractivity contribution in [2.75, 3.05) is 11.9 Å². The monoisotopic (exact) mass is 352 g/mol. The predicted octanol–water partition coefficient (Wildman–Crippen LogP) is 2.88. The van der Waals surface area contributed by atoms with E-state index in [2.05, 4.69) is 20.3 Å². The van der Waals surface area contributed by atoms with E-state index in [0.29, 0.717) is 18.1 Å². The Morgan fingerprint density at radius 3 is 2.69 bits per heavy atom. The molecule has 1 aromatic carbocycles. The van der Waals surface area contributed by atoms with Gasteiger partial charge < -0.3 is 15.0 Å². The summed E-state index contributed by atoms with van der Waals surface area (Å²) in [5, 5.41) is 3.76. The zero-order valence-corrected chi connectivity index (χ0v) is 14.7. The van der Waals surface area contributed by atoms with Crippen molar-refractivity contribution >= 4 is 28.6 Å². The van der Waals surface area contributed by atoms with Gasteiger partial charge in [0.1, 0.15) is 0 Å². The van der Waals surface area contributed by atoms with Crippen molar-refractivity contribution in [1.82, 2.24) is 15.0 Å². The molecule has 3 aromatic rings. The van der Waals surface area contributed by atoms with Gasteiger partial charge in [-0.25, -0.2) is 9.97 Å². The molecule has 0 radical (unpaired) electrons. The Labute approximate surface area is 150 Å². The summed E-state index contributed by atoms with van der Waals surface area (Å²) in [6.45, 7) is 3.76. The molecule has 1 atom stereocenters. The van der Waals surface area contributed by atoms with Crippen molar-refractivity contribution in [3.05, 3.63) is 54.0 Å². The molecule has 26 heavy (non-hydrogen) atoms. The summed E-state index contributed by atoms with van der Waals surface area (Å²) in [5.41, 5.74) is 2.22. The van der Waals surface area contributed by atoms with Gasteiger partial charge in [0.25, 0.3) is 0 Å². The Kier molecular flexibility index (Phi) is 5.26. The first-order valence-corrected chi connectivity index (χ1v) is 8.38. The van der Waals surface area contributed by atoms with E-state index < -0.39 is 12.1 Å². The van der Waals surface area contributed by atoms with Crippen LogP contribution in [-0.2, 0) is 9.53 Å². The second kappa shape index (κ2) is 7.77. The SMILES string of the molecule is Cc1[nH]c2ccccc2c1C(=O)C(C)OC(=O)CCNc1ncccn1. The zero-order chi connectivity index (χ0) is 18.5. The largest absolute Gasteiger partial charge is 0.454 e. The summed E-state index contributed by atoms with van der Waals surface area (Å²) in [4.78, 5) is 35.9. The Balaban J connectivity index is 1.58. The van der Waals surface area contributed by atoms with Gasteiger partial charge in [-0.05, 0) is 26.0 Å². The number of fused-ring (bicyclic) bond motifs is 1. The van der Waals surface area contributed by atoms with Crippen LogP contribution in [0.2, 0.25) is 0 Å². The third-order valence-electron chi connectivity index (χ3n) is 4.00. The lowest BCUT2D eigenvalue weighted by Crippen LogP contribution is -2.25. The molecule has 0 fully saturated rings. The van der Waals surface area contributed by atoms with Gasteiger partial charge in [-0.3, -0.25) is 9.59 Å². The molecule has 2 heterocycles. The van der Waals surface area contributed by atoms with Crippen LogP contribution in [0.5, 0.6) is 0 Å². The molecule has 0 saturated carbocycles. The number of aromatic amines is 1. The molecular weight excluding hydrogens is 332 g/mol. The van der Waals surface area contributed by atoms with Gasteiger partial charge in [0.05, 0.1) is 6.42 Å². The minimum atomic E-state index is -0.853. The lowest BCUT2D eigenvalue weighted by atomic mass is 10.0. The summed E-state index contributed by atoms with van der Waals surface area (Å²) >= 11 is 0. The number of nitrogens with zero attached hydrogens (tertiary/aromatic N) is 2. The minimum Gasteiger partial charge on any atom is -0.454 e. The number of benzene rings is 1. The lowest BCUT2D eigenvalue weighted by Gasteiger charge is -2.13. The van der Waals surface area contributed by atoms with Gasteiger partial charge in [-0.2, -0.15) is 0 Å². The molecule has 0 spiro atoms. The van der Waals surface area contributed by atoms with Crippen molar-refractivity contribution in [2.24, 2.45) is 0 Å². The molecule has 0 aliphatic rings. The standard InChI is InChI=1S/C19H20N4O3/c1-12-17(14-6-3-4-7-15(14)23-12)18(25)13(2)26-16(24)8-11-22-19-20-9-5-10-21-19/h3-7,9-10,13,23H,8,11H2,1-2H3,(H,20,21,22). The number of ketones is 1. The number of hydrogen-bond donors (Lipinski definition) is 2. The fourth-order valence-electron chi connectivity index (χ4n) is 2.77. The summed E-state index contributed by atoms with van der Waals surface area (Å²) < 4.78 is 5.29. The van der Waals surface area contributed by atoms with Gasteiger partial charge in [-0.1, -0.05) is 18.2 Å². The van der Waals surface area contributed by atoms with Crippen LogP contribution >= 0.6 is 0 Å². The second-order valence-electron chi connectivity index (χ2n) is 5.92. The number of rotatable bonds is 7. The highest BCUT2D eigenvalue weighted by atomic mass is 16.5. The summed E-state index contributed by atoms with van der Waals surface area (Å²) in [5.74, 6) is -0.224. The van der Waals surface area contributed by atoms with Gasteiger partial charge in [0.15, 0.2) is 6.10 Å². The summed E-state index contributed by atoms with van der Waals surface area (Å²) in [6.07, 6.45) is 2.48. The van der Waals surface area contributed by atoms with E-state index in [9.17, 15) is 9.59 Å². The number of H-pyrrole nitrogens is 1. The average Bonchev–Trinajstić information content (AvgIpc) is 2.97. The van der Waals surface area contributed by atoms with Crippen LogP contribution in [0.3, 0.4) is 0 Å². The number of carbonyl (C=O) groups excluding carboxylic acids is 2. The van der Waals surface area contributed by atoms with E-state index in [0.717, 1.165) is 16.6 Å². The van der Waals surface area contributed by atoms with E-state index in [1.54, 1.807) is 25.4 Å². The first-order chi connectivity index (χ1) is 12.6. The maximum Gasteiger partial charge on any atom is 0.308 e. The van der Waals surface area contributed by atoms with Gasteiger partial charge in [-0.15, -0.1) is 0 Å². The number of hydrogen-bond acceptors (Lipinski definition) is 6. The highest BCUT2D eigenvalue weighted by molar-refractivity contribution is 6.11. The molecule has 0 aliphatic heterocycles. The average molecular weight is 352 g/mol. The van der Waals surface area contributed by atoms with Crippen molar-refractivity contribution in [2.45, 2.75) is 26.4 Å². The summed E-state index contributed by atoms with van der Waals surface area (Å²) in [6, 6.07) is 9.27. The van der Waals surface area contributed by atoms with Crippen LogP contribution in [0.4, 0.5) is 5.95 Å². The maximum absolute atomic E-state index is 12.7. The molecule has 2 N–H and O–H groups in total. The Bertz CT molecular complexity index is 921. The molecule has 0 bridgehead atoms. The lowest BCUT2D eigenvalue weighted by molar-refractivity contribution is -0.145. The second-order valence-corrected chi connectivity index (χ2v) is 5.92. The summed E-state index contributed by atoms with van der Waals surface area (Å²) in [7, 11) is 0.